The summed E-state index contributed by atoms with van der Waals surface area (Å²) in [6.45, 7) is 5.80. The van der Waals surface area contributed by atoms with Crippen molar-refractivity contribution in [1.82, 2.24) is 9.97 Å². The number of halogens is 2. The number of nitrogens with zero attached hydrogens (tertiary/aromatic N) is 2. The number of rotatable bonds is 3. The molecular formula is C15H16F2N4O. The number of benzene rings is 1. The summed E-state index contributed by atoms with van der Waals surface area (Å²) in [5, 5.41) is 5.50. The van der Waals surface area contributed by atoms with Gasteiger partial charge in [-0.25, -0.2) is 18.7 Å². The van der Waals surface area contributed by atoms with Crippen LogP contribution in [0.2, 0.25) is 0 Å². The minimum absolute atomic E-state index is 0.117. The Balaban J connectivity index is 2.15. The van der Waals surface area contributed by atoms with Gasteiger partial charge in [0.2, 0.25) is 5.95 Å². The summed E-state index contributed by atoms with van der Waals surface area (Å²) in [5.41, 5.74) is 0.00849. The van der Waals surface area contributed by atoms with Gasteiger partial charge in [0, 0.05) is 23.5 Å². The van der Waals surface area contributed by atoms with Crippen LogP contribution in [-0.2, 0) is 0 Å². The predicted octanol–water partition coefficient (Wildman–Crippen LogP) is 3.22. The summed E-state index contributed by atoms with van der Waals surface area (Å²) in [6, 6.07) is 4.55. The van der Waals surface area contributed by atoms with E-state index in [1.807, 2.05) is 20.8 Å². The van der Waals surface area contributed by atoms with Crippen molar-refractivity contribution < 1.29 is 13.6 Å². The molecule has 0 fully saturated rings. The Kier molecular flexibility index (Phi) is 4.35. The molecule has 0 radical (unpaired) electrons. The molecule has 2 N–H and O–H groups in total. The zero-order valence-corrected chi connectivity index (χ0v) is 12.4. The van der Waals surface area contributed by atoms with Gasteiger partial charge in [0.05, 0.1) is 0 Å². The Bertz CT molecular complexity index is 698. The average Bonchev–Trinajstić information content (AvgIpc) is 2.41. The fourth-order valence-corrected chi connectivity index (χ4v) is 1.65. The zero-order chi connectivity index (χ0) is 16.3. The highest BCUT2D eigenvalue weighted by Gasteiger charge is 2.14. The van der Waals surface area contributed by atoms with E-state index in [0.717, 1.165) is 12.1 Å². The maximum Gasteiger partial charge on any atom is 0.274 e. The van der Waals surface area contributed by atoms with Crippen molar-refractivity contribution in [1.29, 1.82) is 0 Å². The molecule has 0 atom stereocenters. The minimum Gasteiger partial charge on any atom is -0.350 e. The van der Waals surface area contributed by atoms with Crippen LogP contribution in [0.5, 0.6) is 0 Å². The normalized spacial score (nSPS) is 11.1. The van der Waals surface area contributed by atoms with Gasteiger partial charge in [-0.1, -0.05) is 0 Å². The largest absolute Gasteiger partial charge is 0.350 e. The van der Waals surface area contributed by atoms with E-state index >= 15 is 0 Å². The Hall–Kier alpha value is -2.57. The molecule has 0 bridgehead atoms. The second-order valence-corrected chi connectivity index (χ2v) is 5.72. The third-order valence-corrected chi connectivity index (χ3v) is 2.55. The molecule has 2 aromatic rings. The number of anilines is 2. The van der Waals surface area contributed by atoms with Crippen molar-refractivity contribution in [3.63, 3.8) is 0 Å². The van der Waals surface area contributed by atoms with Gasteiger partial charge >= 0.3 is 0 Å². The van der Waals surface area contributed by atoms with Crippen LogP contribution >= 0.6 is 0 Å². The maximum atomic E-state index is 13.1. The fraction of sp³-hybridized carbons (Fsp3) is 0.267. The number of carbonyl (C=O) groups excluding carboxylic acids is 1. The standard InChI is InChI=1S/C15H16F2N4O/c1-15(2,3)21-14-18-7-6-12(20-14)13(22)19-9-4-5-10(16)11(17)8-9/h4-8H,1-3H3,(H,19,22)(H,18,20,21). The molecule has 0 unspecified atom stereocenters. The Morgan fingerprint density at radius 1 is 1.14 bits per heavy atom. The smallest absolute Gasteiger partial charge is 0.274 e. The number of hydrogen-bond donors (Lipinski definition) is 2. The first kappa shape index (κ1) is 15.8. The molecule has 7 heteroatoms. The van der Waals surface area contributed by atoms with Gasteiger partial charge in [-0.05, 0) is 39.0 Å². The van der Waals surface area contributed by atoms with E-state index in [9.17, 15) is 13.6 Å². The molecule has 1 aromatic heterocycles. The highest BCUT2D eigenvalue weighted by molar-refractivity contribution is 6.02. The van der Waals surface area contributed by atoms with Gasteiger partial charge in [0.1, 0.15) is 5.69 Å². The monoisotopic (exact) mass is 306 g/mol. The van der Waals surface area contributed by atoms with Gasteiger partial charge in [0.15, 0.2) is 11.6 Å². The maximum absolute atomic E-state index is 13.1. The molecule has 0 aliphatic carbocycles. The van der Waals surface area contributed by atoms with E-state index in [1.165, 1.54) is 18.3 Å². The molecular weight excluding hydrogens is 290 g/mol. The number of amides is 1. The molecule has 22 heavy (non-hydrogen) atoms. The first-order valence-electron chi connectivity index (χ1n) is 6.62. The van der Waals surface area contributed by atoms with Gasteiger partial charge in [-0.15, -0.1) is 0 Å². The minimum atomic E-state index is -1.03. The van der Waals surface area contributed by atoms with Gasteiger partial charge in [0.25, 0.3) is 5.91 Å². The first-order chi connectivity index (χ1) is 10.2. The third kappa shape index (κ3) is 4.21. The van der Waals surface area contributed by atoms with Crippen molar-refractivity contribution in [3.05, 3.63) is 47.8 Å². The quantitative estimate of drug-likeness (QED) is 0.913. The zero-order valence-electron chi connectivity index (χ0n) is 12.4. The number of carbonyl (C=O) groups is 1. The molecule has 1 aromatic carbocycles. The lowest BCUT2D eigenvalue weighted by molar-refractivity contribution is 0.102. The van der Waals surface area contributed by atoms with E-state index in [4.69, 9.17) is 0 Å². The van der Waals surface area contributed by atoms with E-state index < -0.39 is 17.5 Å². The topological polar surface area (TPSA) is 66.9 Å². The Morgan fingerprint density at radius 2 is 1.86 bits per heavy atom. The van der Waals surface area contributed by atoms with Gasteiger partial charge in [-0.2, -0.15) is 0 Å². The Labute approximate surface area is 126 Å². The first-order valence-corrected chi connectivity index (χ1v) is 6.62. The predicted molar refractivity (Wildman–Crippen MR) is 79.7 cm³/mol. The van der Waals surface area contributed by atoms with E-state index in [1.54, 1.807) is 0 Å². The van der Waals surface area contributed by atoms with Crippen LogP contribution in [0.1, 0.15) is 31.3 Å². The van der Waals surface area contributed by atoms with E-state index in [-0.39, 0.29) is 16.9 Å². The van der Waals surface area contributed by atoms with Crippen LogP contribution < -0.4 is 10.6 Å². The molecule has 1 heterocycles. The summed E-state index contributed by atoms with van der Waals surface area (Å²) < 4.78 is 26.0. The van der Waals surface area contributed by atoms with E-state index in [0.29, 0.717) is 5.95 Å². The highest BCUT2D eigenvalue weighted by atomic mass is 19.2. The second-order valence-electron chi connectivity index (χ2n) is 5.72. The van der Waals surface area contributed by atoms with Gasteiger partial charge < -0.3 is 10.6 Å². The highest BCUT2D eigenvalue weighted by Crippen LogP contribution is 2.15. The number of nitrogens with one attached hydrogen (secondary N) is 2. The van der Waals surface area contributed by atoms with Crippen LogP contribution in [0, 0.1) is 11.6 Å². The van der Waals surface area contributed by atoms with Crippen LogP contribution in [0.4, 0.5) is 20.4 Å². The van der Waals surface area contributed by atoms with Crippen molar-refractivity contribution in [2.24, 2.45) is 0 Å². The molecule has 0 aliphatic heterocycles. The number of hydrogen-bond acceptors (Lipinski definition) is 4. The van der Waals surface area contributed by atoms with Crippen molar-refractivity contribution >= 4 is 17.5 Å². The van der Waals surface area contributed by atoms with Crippen molar-refractivity contribution in [2.75, 3.05) is 10.6 Å². The van der Waals surface area contributed by atoms with Gasteiger partial charge in [-0.3, -0.25) is 4.79 Å². The molecule has 0 spiro atoms. The molecule has 2 rings (SSSR count). The molecule has 0 saturated heterocycles. The summed E-state index contributed by atoms with van der Waals surface area (Å²) in [6.07, 6.45) is 1.45. The molecule has 1 amide bonds. The van der Waals surface area contributed by atoms with Crippen molar-refractivity contribution in [2.45, 2.75) is 26.3 Å². The Morgan fingerprint density at radius 3 is 2.50 bits per heavy atom. The third-order valence-electron chi connectivity index (χ3n) is 2.55. The van der Waals surface area contributed by atoms with Crippen molar-refractivity contribution in [3.8, 4) is 0 Å². The summed E-state index contributed by atoms with van der Waals surface area (Å²) in [5.74, 6) is -2.23. The molecule has 5 nitrogen and oxygen atoms in total. The summed E-state index contributed by atoms with van der Waals surface area (Å²) >= 11 is 0. The fourth-order valence-electron chi connectivity index (χ4n) is 1.65. The number of aromatic nitrogens is 2. The summed E-state index contributed by atoms with van der Waals surface area (Å²) in [4.78, 5) is 20.2. The molecule has 116 valence electrons. The van der Waals surface area contributed by atoms with Crippen LogP contribution in [0.3, 0.4) is 0 Å². The molecule has 0 aliphatic rings. The average molecular weight is 306 g/mol. The SMILES string of the molecule is CC(C)(C)Nc1nccc(C(=O)Nc2ccc(F)c(F)c2)n1. The lowest BCUT2D eigenvalue weighted by atomic mass is 10.1. The van der Waals surface area contributed by atoms with E-state index in [2.05, 4.69) is 20.6 Å². The van der Waals surface area contributed by atoms with Crippen LogP contribution in [0.15, 0.2) is 30.5 Å². The second kappa shape index (κ2) is 6.05. The summed E-state index contributed by atoms with van der Waals surface area (Å²) in [7, 11) is 0. The van der Waals surface area contributed by atoms with Crippen LogP contribution in [0.25, 0.3) is 0 Å². The lowest BCUT2D eigenvalue weighted by Gasteiger charge is -2.20. The molecule has 0 saturated carbocycles. The lowest BCUT2D eigenvalue weighted by Crippen LogP contribution is -2.28. The van der Waals surface area contributed by atoms with Crippen LogP contribution in [-0.4, -0.2) is 21.4 Å².